The Kier molecular flexibility index (Phi) is 14.3. The fourth-order valence-corrected chi connectivity index (χ4v) is 9.38. The van der Waals surface area contributed by atoms with E-state index in [1.165, 1.54) is 21.9 Å². The first-order valence-electron chi connectivity index (χ1n) is 22.7. The van der Waals surface area contributed by atoms with Crippen molar-refractivity contribution in [1.29, 1.82) is 0 Å². The van der Waals surface area contributed by atoms with Gasteiger partial charge in [-0.15, -0.1) is 0 Å². The molecule has 4 N–H and O–H groups in total. The van der Waals surface area contributed by atoms with Gasteiger partial charge >= 0.3 is 5.97 Å². The predicted octanol–water partition coefficient (Wildman–Crippen LogP) is 4.19. The van der Waals surface area contributed by atoms with Crippen LogP contribution in [0.2, 0.25) is 0 Å². The van der Waals surface area contributed by atoms with Gasteiger partial charge in [-0.3, -0.25) is 34.0 Å². The van der Waals surface area contributed by atoms with E-state index in [0.29, 0.717) is 56.6 Å². The van der Waals surface area contributed by atoms with Gasteiger partial charge < -0.3 is 39.6 Å². The lowest BCUT2D eigenvalue weighted by atomic mass is 9.84. The summed E-state index contributed by atoms with van der Waals surface area (Å²) in [7, 11) is 4.76. The molecular formula is C49H64N8O8. The monoisotopic (exact) mass is 892 g/mol. The molecule has 0 saturated carbocycles. The number of benzene rings is 2. The molecule has 5 heterocycles. The SMILES string of the molecule is CCn1c(-c2cnccc2COC)c2c3cc(ccc31)-c1cc(O)cc(c1)C[C@H](NC(=O)[C@H](C(C)C)N(C)C(=O)CN(C)C(=O)C1CN1)C(=O)N1CCC[C@@H](CC(=O)OCC(C)(C)C2)N1. The Morgan fingerprint density at radius 2 is 1.85 bits per heavy atom. The molecule has 0 radical (unpaired) electrons. The van der Waals surface area contributed by atoms with Crippen LogP contribution in [0.5, 0.6) is 5.75 Å². The molecule has 348 valence electrons. The molecule has 3 aliphatic heterocycles. The molecule has 7 rings (SSSR count). The number of aryl methyl sites for hydroxylation is 1. The Hall–Kier alpha value is -5.84. The number of esters is 1. The van der Waals surface area contributed by atoms with Crippen molar-refractivity contribution in [2.24, 2.45) is 11.3 Å². The average Bonchev–Trinajstić information content (AvgIpc) is 4.07. The third kappa shape index (κ3) is 10.7. The van der Waals surface area contributed by atoms with Crippen molar-refractivity contribution in [1.82, 2.24) is 40.4 Å². The summed E-state index contributed by atoms with van der Waals surface area (Å²) in [5.41, 5.74) is 9.91. The number of phenols is 1. The van der Waals surface area contributed by atoms with E-state index in [1.807, 2.05) is 38.2 Å². The number of aromatic hydroxyl groups is 1. The number of carbonyl (C=O) groups excluding carboxylic acids is 5. The minimum Gasteiger partial charge on any atom is -0.508 e. The second kappa shape index (κ2) is 19.7. The molecule has 2 aromatic carbocycles. The molecule has 16 heteroatoms. The average molecular weight is 893 g/mol. The van der Waals surface area contributed by atoms with Crippen molar-refractivity contribution in [2.75, 3.05) is 47.4 Å². The van der Waals surface area contributed by atoms with Crippen LogP contribution in [0.1, 0.15) is 70.6 Å². The highest BCUT2D eigenvalue weighted by molar-refractivity contribution is 5.96. The minimum atomic E-state index is -1.14. The molecule has 4 atom stereocenters. The van der Waals surface area contributed by atoms with Crippen LogP contribution in [-0.2, 0) is 59.4 Å². The maximum absolute atomic E-state index is 14.7. The van der Waals surface area contributed by atoms with E-state index in [2.05, 4.69) is 58.5 Å². The summed E-state index contributed by atoms with van der Waals surface area (Å²) in [6.07, 6.45) is 5.47. The summed E-state index contributed by atoms with van der Waals surface area (Å²) < 4.78 is 13.9. The third-order valence-corrected chi connectivity index (χ3v) is 12.7. The molecule has 2 fully saturated rings. The highest BCUT2D eigenvalue weighted by Gasteiger charge is 2.38. The van der Waals surface area contributed by atoms with Gasteiger partial charge in [-0.2, -0.15) is 0 Å². The number of amides is 4. The molecular weight excluding hydrogens is 829 g/mol. The number of phenolic OH excluding ortho intramolecular Hbond substituents is 1. The number of likely N-dealkylation sites (N-methyl/N-ethyl adjacent to an activating group) is 2. The Labute approximate surface area is 381 Å². The smallest absolute Gasteiger partial charge is 0.307 e. The summed E-state index contributed by atoms with van der Waals surface area (Å²) in [5, 5.41) is 19.7. The van der Waals surface area contributed by atoms with Crippen molar-refractivity contribution >= 4 is 40.5 Å². The first-order valence-corrected chi connectivity index (χ1v) is 22.7. The van der Waals surface area contributed by atoms with Gasteiger partial charge in [-0.25, -0.2) is 5.43 Å². The van der Waals surface area contributed by atoms with Gasteiger partial charge in [-0.05, 0) is 90.3 Å². The standard InChI is InChI=1S/C49H64N8O8/c1-9-56-41-13-12-31-21-36(41)37(45(56)38-24-50-15-14-32(38)27-64-8)23-49(4,5)28-65-43(60)22-34-11-10-16-57(53-34)48(63)39(19-30-17-33(31)20-35(58)18-30)52-46(61)44(29(2)3)55(7)42(59)26-54(6)47(62)40-25-51-40/h12-15,17-18,20-21,24,29,34,39-40,44,51,53,58H,9-11,16,19,22-23,25-28H2,1-8H3,(H,52,61)/t34-,39-,40?,44-/m0/s1. The number of rotatable bonds is 11. The number of fused-ring (bicyclic) bond motifs is 6. The van der Waals surface area contributed by atoms with Crippen LogP contribution in [0.3, 0.4) is 0 Å². The van der Waals surface area contributed by atoms with Crippen LogP contribution in [0.4, 0.5) is 0 Å². The zero-order valence-electron chi connectivity index (χ0n) is 38.9. The van der Waals surface area contributed by atoms with Gasteiger partial charge in [0.1, 0.15) is 17.8 Å². The summed E-state index contributed by atoms with van der Waals surface area (Å²) in [5.74, 6) is -2.35. The maximum atomic E-state index is 14.7. The molecule has 0 spiro atoms. The van der Waals surface area contributed by atoms with Gasteiger partial charge in [0.2, 0.25) is 17.7 Å². The Morgan fingerprint density at radius 1 is 1.08 bits per heavy atom. The number of ether oxygens (including phenoxy) is 2. The number of nitrogens with one attached hydrogen (secondary N) is 3. The number of carbonyl (C=O) groups is 5. The number of hydrogen-bond donors (Lipinski definition) is 4. The van der Waals surface area contributed by atoms with Crippen LogP contribution < -0.4 is 16.1 Å². The number of cyclic esters (lactones) is 1. The van der Waals surface area contributed by atoms with Crippen LogP contribution in [0, 0.1) is 11.3 Å². The summed E-state index contributed by atoms with van der Waals surface area (Å²) in [6.45, 7) is 11.8. The van der Waals surface area contributed by atoms with Crippen LogP contribution >= 0.6 is 0 Å². The van der Waals surface area contributed by atoms with Crippen LogP contribution in [0.25, 0.3) is 33.3 Å². The Balaban J connectivity index is 1.30. The van der Waals surface area contributed by atoms with Crippen LogP contribution in [0.15, 0.2) is 54.9 Å². The maximum Gasteiger partial charge on any atom is 0.307 e. The van der Waals surface area contributed by atoms with Crippen molar-refractivity contribution in [3.05, 3.63) is 71.5 Å². The summed E-state index contributed by atoms with van der Waals surface area (Å²) in [6, 6.07) is 10.6. The quantitative estimate of drug-likeness (QED) is 0.125. The topological polar surface area (TPSA) is 198 Å². The van der Waals surface area contributed by atoms with Gasteiger partial charge in [0, 0.05) is 87.6 Å². The fourth-order valence-electron chi connectivity index (χ4n) is 9.38. The second-order valence-corrected chi connectivity index (χ2v) is 18.9. The Bertz CT molecular complexity index is 2440. The van der Waals surface area contributed by atoms with Gasteiger partial charge in [0.25, 0.3) is 5.91 Å². The first kappa shape index (κ1) is 47.1. The molecule has 4 amide bonds. The first-order chi connectivity index (χ1) is 31.0. The highest BCUT2D eigenvalue weighted by atomic mass is 16.5. The second-order valence-electron chi connectivity index (χ2n) is 18.9. The fraction of sp³-hybridized carbons (Fsp3) is 0.510. The zero-order valence-corrected chi connectivity index (χ0v) is 38.9. The van der Waals surface area contributed by atoms with E-state index < -0.39 is 41.3 Å². The largest absolute Gasteiger partial charge is 0.508 e. The van der Waals surface area contributed by atoms with Crippen molar-refractivity contribution in [3.8, 4) is 28.1 Å². The van der Waals surface area contributed by atoms with E-state index in [1.54, 1.807) is 32.5 Å². The van der Waals surface area contributed by atoms with Crippen molar-refractivity contribution < 1.29 is 38.6 Å². The predicted molar refractivity (Wildman–Crippen MR) is 246 cm³/mol. The molecule has 3 aliphatic rings. The Morgan fingerprint density at radius 3 is 2.55 bits per heavy atom. The zero-order chi connectivity index (χ0) is 46.7. The summed E-state index contributed by atoms with van der Waals surface area (Å²) in [4.78, 5) is 76.1. The number of aromatic nitrogens is 2. The lowest BCUT2D eigenvalue weighted by Crippen LogP contribution is -2.61. The van der Waals surface area contributed by atoms with Crippen molar-refractivity contribution in [3.63, 3.8) is 0 Å². The van der Waals surface area contributed by atoms with Gasteiger partial charge in [0.15, 0.2) is 0 Å². The lowest BCUT2D eigenvalue weighted by molar-refractivity contribution is -0.150. The highest BCUT2D eigenvalue weighted by Crippen LogP contribution is 2.41. The van der Waals surface area contributed by atoms with E-state index in [-0.39, 0.29) is 55.6 Å². The lowest BCUT2D eigenvalue weighted by Gasteiger charge is -2.37. The molecule has 2 aromatic heterocycles. The number of nitrogens with zero attached hydrogens (tertiary/aromatic N) is 5. The molecule has 2 saturated heterocycles. The number of pyridine rings is 1. The number of hydrazine groups is 1. The van der Waals surface area contributed by atoms with Gasteiger partial charge in [-0.1, -0.05) is 39.8 Å². The third-order valence-electron chi connectivity index (χ3n) is 12.7. The number of methoxy groups -OCH3 is 1. The molecule has 6 bridgehead atoms. The van der Waals surface area contributed by atoms with E-state index in [0.717, 1.165) is 38.9 Å². The van der Waals surface area contributed by atoms with E-state index >= 15 is 0 Å². The van der Waals surface area contributed by atoms with Crippen molar-refractivity contribution in [2.45, 2.75) is 104 Å². The summed E-state index contributed by atoms with van der Waals surface area (Å²) >= 11 is 0. The molecule has 4 aromatic rings. The normalized spacial score (nSPS) is 20.4. The van der Waals surface area contributed by atoms with E-state index in [4.69, 9.17) is 9.47 Å². The van der Waals surface area contributed by atoms with Crippen LogP contribution in [-0.4, -0.2) is 131 Å². The molecule has 65 heavy (non-hydrogen) atoms. The minimum absolute atomic E-state index is 0.00624. The molecule has 0 aliphatic carbocycles. The number of hydrogen-bond acceptors (Lipinski definition) is 11. The molecule has 16 nitrogen and oxygen atoms in total. The van der Waals surface area contributed by atoms with E-state index in [9.17, 15) is 29.1 Å². The van der Waals surface area contributed by atoms with Gasteiger partial charge in [0.05, 0.1) is 37.9 Å². The molecule has 1 unspecified atom stereocenters.